The average molecular weight is 302 g/mol. The fourth-order valence-electron chi connectivity index (χ4n) is 2.48. The molecule has 1 fully saturated rings. The Morgan fingerprint density at radius 2 is 2.30 bits per heavy atom. The SMILES string of the molecule is CO[C@@H]1CC[C@@H](NC(=O)Cc2c(F)cccc2Cl)[C@H]1O. The molecule has 1 aromatic rings. The van der Waals surface area contributed by atoms with Crippen LogP contribution < -0.4 is 5.32 Å². The lowest BCUT2D eigenvalue weighted by molar-refractivity contribution is -0.122. The van der Waals surface area contributed by atoms with Gasteiger partial charge in [0.15, 0.2) is 0 Å². The van der Waals surface area contributed by atoms with Gasteiger partial charge in [-0.3, -0.25) is 4.79 Å². The lowest BCUT2D eigenvalue weighted by atomic mass is 10.1. The molecule has 0 unspecified atom stereocenters. The van der Waals surface area contributed by atoms with Gasteiger partial charge in [0, 0.05) is 17.7 Å². The normalized spacial score (nSPS) is 25.7. The Bertz CT molecular complexity index is 477. The van der Waals surface area contributed by atoms with Crippen molar-refractivity contribution in [3.8, 4) is 0 Å². The second kappa shape index (κ2) is 6.52. The molecule has 0 aliphatic heterocycles. The zero-order chi connectivity index (χ0) is 14.7. The van der Waals surface area contributed by atoms with Crippen LogP contribution in [-0.2, 0) is 16.0 Å². The largest absolute Gasteiger partial charge is 0.388 e. The molecule has 0 radical (unpaired) electrons. The van der Waals surface area contributed by atoms with Gasteiger partial charge < -0.3 is 15.2 Å². The van der Waals surface area contributed by atoms with Crippen molar-refractivity contribution in [2.75, 3.05) is 7.11 Å². The first kappa shape index (κ1) is 15.2. The highest BCUT2D eigenvalue weighted by atomic mass is 35.5. The van der Waals surface area contributed by atoms with E-state index < -0.39 is 11.9 Å². The van der Waals surface area contributed by atoms with Crippen LogP contribution in [0.1, 0.15) is 18.4 Å². The van der Waals surface area contributed by atoms with Gasteiger partial charge in [0.2, 0.25) is 5.91 Å². The molecular weight excluding hydrogens is 285 g/mol. The zero-order valence-corrected chi connectivity index (χ0v) is 11.9. The van der Waals surface area contributed by atoms with E-state index in [1.807, 2.05) is 0 Å². The van der Waals surface area contributed by atoms with E-state index in [9.17, 15) is 14.3 Å². The van der Waals surface area contributed by atoms with Gasteiger partial charge in [0.05, 0.1) is 18.6 Å². The van der Waals surface area contributed by atoms with Crippen LogP contribution in [0, 0.1) is 5.82 Å². The number of hydrogen-bond acceptors (Lipinski definition) is 3. The molecular formula is C14H17ClFNO3. The fraction of sp³-hybridized carbons (Fsp3) is 0.500. The number of methoxy groups -OCH3 is 1. The van der Waals surface area contributed by atoms with Crippen LogP contribution in [0.25, 0.3) is 0 Å². The number of ether oxygens (including phenoxy) is 1. The van der Waals surface area contributed by atoms with Crippen LogP contribution >= 0.6 is 11.6 Å². The Labute approximate surface area is 121 Å². The number of hydrogen-bond donors (Lipinski definition) is 2. The Morgan fingerprint density at radius 3 is 2.90 bits per heavy atom. The summed E-state index contributed by atoms with van der Waals surface area (Å²) >= 11 is 5.88. The third-order valence-corrected chi connectivity index (χ3v) is 3.96. The maximum absolute atomic E-state index is 13.6. The molecule has 4 nitrogen and oxygen atoms in total. The van der Waals surface area contributed by atoms with Crippen LogP contribution in [0.15, 0.2) is 18.2 Å². The molecule has 3 atom stereocenters. The average Bonchev–Trinajstić information content (AvgIpc) is 2.75. The Kier molecular flexibility index (Phi) is 4.96. The lowest BCUT2D eigenvalue weighted by Gasteiger charge is -2.19. The van der Waals surface area contributed by atoms with Crippen molar-refractivity contribution in [1.82, 2.24) is 5.32 Å². The van der Waals surface area contributed by atoms with Gasteiger partial charge in [-0.2, -0.15) is 0 Å². The van der Waals surface area contributed by atoms with Crippen molar-refractivity contribution in [2.45, 2.75) is 37.5 Å². The topological polar surface area (TPSA) is 58.6 Å². The molecule has 0 heterocycles. The number of benzene rings is 1. The number of amides is 1. The quantitative estimate of drug-likeness (QED) is 0.889. The van der Waals surface area contributed by atoms with Crippen molar-refractivity contribution in [3.05, 3.63) is 34.6 Å². The van der Waals surface area contributed by atoms with E-state index in [-0.39, 0.29) is 35.1 Å². The van der Waals surface area contributed by atoms with Crippen molar-refractivity contribution >= 4 is 17.5 Å². The Balaban J connectivity index is 1.97. The summed E-state index contributed by atoms with van der Waals surface area (Å²) < 4.78 is 18.7. The van der Waals surface area contributed by atoms with Crippen LogP contribution in [-0.4, -0.2) is 36.4 Å². The molecule has 1 aromatic carbocycles. The van der Waals surface area contributed by atoms with Crippen molar-refractivity contribution in [2.24, 2.45) is 0 Å². The van der Waals surface area contributed by atoms with Crippen LogP contribution in [0.3, 0.4) is 0 Å². The number of carbonyl (C=O) groups excluding carboxylic acids is 1. The standard InChI is InChI=1S/C14H17ClFNO3/c1-20-12-6-5-11(14(12)19)17-13(18)7-8-9(15)3-2-4-10(8)16/h2-4,11-12,14,19H,5-7H2,1H3,(H,17,18)/t11-,12-,14-/m1/s1. The molecule has 0 bridgehead atoms. The minimum atomic E-state index is -0.736. The predicted octanol–water partition coefficient (Wildman–Crippen LogP) is 1.68. The van der Waals surface area contributed by atoms with E-state index in [0.717, 1.165) is 0 Å². The zero-order valence-electron chi connectivity index (χ0n) is 11.1. The molecule has 110 valence electrons. The van der Waals surface area contributed by atoms with Crippen molar-refractivity contribution in [3.63, 3.8) is 0 Å². The molecule has 0 saturated heterocycles. The monoisotopic (exact) mass is 301 g/mol. The molecule has 1 amide bonds. The molecule has 6 heteroatoms. The summed E-state index contributed by atoms with van der Waals surface area (Å²) in [5, 5.41) is 12.9. The van der Waals surface area contributed by atoms with Gasteiger partial charge >= 0.3 is 0 Å². The second-order valence-corrected chi connectivity index (χ2v) is 5.30. The number of nitrogens with one attached hydrogen (secondary N) is 1. The van der Waals surface area contributed by atoms with E-state index in [4.69, 9.17) is 16.3 Å². The van der Waals surface area contributed by atoms with Gasteiger partial charge in [0.1, 0.15) is 11.9 Å². The van der Waals surface area contributed by atoms with Crippen LogP contribution in [0.4, 0.5) is 4.39 Å². The van der Waals surface area contributed by atoms with Gasteiger partial charge in [-0.1, -0.05) is 17.7 Å². The van der Waals surface area contributed by atoms with Crippen LogP contribution in [0.2, 0.25) is 5.02 Å². The highest BCUT2D eigenvalue weighted by molar-refractivity contribution is 6.31. The van der Waals surface area contributed by atoms with Gasteiger partial charge in [-0.05, 0) is 25.0 Å². The van der Waals surface area contributed by atoms with E-state index in [2.05, 4.69) is 5.32 Å². The minimum absolute atomic E-state index is 0.146. The lowest BCUT2D eigenvalue weighted by Crippen LogP contribution is -2.44. The number of aliphatic hydroxyl groups is 1. The number of halogens is 2. The molecule has 0 aromatic heterocycles. The Hall–Kier alpha value is -1.17. The molecule has 1 saturated carbocycles. The summed E-state index contributed by atoms with van der Waals surface area (Å²) in [6, 6.07) is 3.93. The van der Waals surface area contributed by atoms with Gasteiger partial charge in [-0.15, -0.1) is 0 Å². The third-order valence-electron chi connectivity index (χ3n) is 3.60. The molecule has 1 aliphatic rings. The number of carbonyl (C=O) groups is 1. The van der Waals surface area contributed by atoms with Crippen LogP contribution in [0.5, 0.6) is 0 Å². The van der Waals surface area contributed by atoms with Gasteiger partial charge in [0.25, 0.3) is 0 Å². The molecule has 1 aliphatic carbocycles. The minimum Gasteiger partial charge on any atom is -0.388 e. The second-order valence-electron chi connectivity index (χ2n) is 4.89. The fourth-order valence-corrected chi connectivity index (χ4v) is 2.71. The first-order valence-corrected chi connectivity index (χ1v) is 6.84. The summed E-state index contributed by atoms with van der Waals surface area (Å²) in [5.74, 6) is -0.868. The predicted molar refractivity (Wildman–Crippen MR) is 73.1 cm³/mol. The Morgan fingerprint density at radius 1 is 1.55 bits per heavy atom. The van der Waals surface area contributed by atoms with E-state index in [0.29, 0.717) is 12.8 Å². The van der Waals surface area contributed by atoms with E-state index in [1.165, 1.54) is 19.2 Å². The number of aliphatic hydroxyl groups excluding tert-OH is 1. The molecule has 2 N–H and O–H groups in total. The molecule has 0 spiro atoms. The molecule has 20 heavy (non-hydrogen) atoms. The highest BCUT2D eigenvalue weighted by Gasteiger charge is 2.35. The summed E-state index contributed by atoms with van der Waals surface area (Å²) in [4.78, 5) is 11.9. The summed E-state index contributed by atoms with van der Waals surface area (Å²) in [5.41, 5.74) is 0.169. The van der Waals surface area contributed by atoms with E-state index in [1.54, 1.807) is 6.07 Å². The first-order chi connectivity index (χ1) is 9.52. The highest BCUT2D eigenvalue weighted by Crippen LogP contribution is 2.23. The maximum Gasteiger partial charge on any atom is 0.224 e. The summed E-state index contributed by atoms with van der Waals surface area (Å²) in [7, 11) is 1.53. The molecule has 2 rings (SSSR count). The summed E-state index contributed by atoms with van der Waals surface area (Å²) in [6.07, 6.45) is 0.170. The van der Waals surface area contributed by atoms with E-state index >= 15 is 0 Å². The first-order valence-electron chi connectivity index (χ1n) is 6.46. The smallest absolute Gasteiger partial charge is 0.224 e. The third kappa shape index (κ3) is 3.29. The summed E-state index contributed by atoms with van der Waals surface area (Å²) in [6.45, 7) is 0. The van der Waals surface area contributed by atoms with Crippen molar-refractivity contribution < 1.29 is 19.0 Å². The van der Waals surface area contributed by atoms with Gasteiger partial charge in [-0.25, -0.2) is 4.39 Å². The number of rotatable bonds is 4. The maximum atomic E-state index is 13.6. The van der Waals surface area contributed by atoms with Crippen molar-refractivity contribution in [1.29, 1.82) is 0 Å².